The van der Waals surface area contributed by atoms with Gasteiger partial charge in [-0.15, -0.1) is 12.3 Å². The van der Waals surface area contributed by atoms with Crippen molar-refractivity contribution in [1.82, 2.24) is 9.80 Å². The highest BCUT2D eigenvalue weighted by molar-refractivity contribution is 5.76. The number of hydrogen-bond acceptors (Lipinski definition) is 4. The zero-order valence-electron chi connectivity index (χ0n) is 12.5. The standard InChI is InChI=1S/C15H20F2N4O/c1-2-3-5-15(18-19-15)6-4-13(22)20-7-8-21-11-14(16,17)9-12(21)10-20/h1,12H,3-11H2/t12-/m0/s1. The van der Waals surface area contributed by atoms with Crippen LogP contribution >= 0.6 is 0 Å². The first-order valence-electron chi connectivity index (χ1n) is 7.70. The molecular formula is C15H20F2N4O. The lowest BCUT2D eigenvalue weighted by molar-refractivity contribution is -0.134. The van der Waals surface area contributed by atoms with Crippen molar-refractivity contribution in [3.05, 3.63) is 0 Å². The number of nitrogens with zero attached hydrogens (tertiary/aromatic N) is 4. The minimum Gasteiger partial charge on any atom is -0.340 e. The van der Waals surface area contributed by atoms with Gasteiger partial charge in [-0.05, 0) is 0 Å². The molecule has 0 N–H and O–H groups in total. The quantitative estimate of drug-likeness (QED) is 0.728. The molecule has 0 spiro atoms. The van der Waals surface area contributed by atoms with Crippen molar-refractivity contribution < 1.29 is 13.6 Å². The van der Waals surface area contributed by atoms with Crippen molar-refractivity contribution in [2.24, 2.45) is 10.2 Å². The number of carbonyl (C=O) groups excluding carboxylic acids is 1. The SMILES string of the molecule is C#CCCC1(CCC(=O)N2CCN3CC(F)(F)C[C@H]3C2)N=N1. The summed E-state index contributed by atoms with van der Waals surface area (Å²) in [5.41, 5.74) is -0.454. The molecule has 0 aromatic carbocycles. The minimum absolute atomic E-state index is 0.00671. The molecule has 0 aromatic heterocycles. The van der Waals surface area contributed by atoms with E-state index in [0.29, 0.717) is 45.3 Å². The van der Waals surface area contributed by atoms with E-state index in [9.17, 15) is 13.6 Å². The smallest absolute Gasteiger partial charge is 0.262 e. The van der Waals surface area contributed by atoms with E-state index >= 15 is 0 Å². The maximum Gasteiger partial charge on any atom is 0.262 e. The van der Waals surface area contributed by atoms with Crippen molar-refractivity contribution in [2.75, 3.05) is 26.2 Å². The van der Waals surface area contributed by atoms with Crippen LogP contribution in [0.25, 0.3) is 0 Å². The monoisotopic (exact) mass is 310 g/mol. The molecule has 3 heterocycles. The number of carbonyl (C=O) groups is 1. The molecule has 5 nitrogen and oxygen atoms in total. The van der Waals surface area contributed by atoms with E-state index in [0.717, 1.165) is 0 Å². The van der Waals surface area contributed by atoms with Crippen molar-refractivity contribution in [2.45, 2.75) is 49.7 Å². The molecular weight excluding hydrogens is 290 g/mol. The molecule has 0 radical (unpaired) electrons. The Bertz CT molecular complexity index is 522. The molecule has 22 heavy (non-hydrogen) atoms. The fourth-order valence-electron chi connectivity index (χ4n) is 3.36. The number of halogens is 2. The average molecular weight is 310 g/mol. The Labute approximate surface area is 128 Å². The first-order chi connectivity index (χ1) is 10.4. The maximum absolute atomic E-state index is 13.4. The van der Waals surface area contributed by atoms with E-state index in [-0.39, 0.29) is 24.9 Å². The predicted octanol–water partition coefficient (Wildman–Crippen LogP) is 1.89. The second-order valence-electron chi connectivity index (χ2n) is 6.41. The highest BCUT2D eigenvalue weighted by Gasteiger charge is 2.47. The van der Waals surface area contributed by atoms with Crippen LogP contribution in [0.1, 0.15) is 32.1 Å². The van der Waals surface area contributed by atoms with E-state index in [1.54, 1.807) is 9.80 Å². The van der Waals surface area contributed by atoms with Crippen molar-refractivity contribution in [1.29, 1.82) is 0 Å². The molecule has 0 aliphatic carbocycles. The third-order valence-corrected chi connectivity index (χ3v) is 4.72. The summed E-state index contributed by atoms with van der Waals surface area (Å²) in [6.07, 6.45) is 7.27. The van der Waals surface area contributed by atoms with Gasteiger partial charge in [0, 0.05) is 57.8 Å². The van der Waals surface area contributed by atoms with Crippen LogP contribution < -0.4 is 0 Å². The van der Waals surface area contributed by atoms with E-state index in [1.807, 2.05) is 0 Å². The highest BCUT2D eigenvalue weighted by atomic mass is 19.3. The molecule has 0 unspecified atom stereocenters. The Morgan fingerprint density at radius 1 is 1.32 bits per heavy atom. The third kappa shape index (κ3) is 3.27. The van der Waals surface area contributed by atoms with Gasteiger partial charge in [-0.3, -0.25) is 9.69 Å². The van der Waals surface area contributed by atoms with Gasteiger partial charge in [-0.25, -0.2) is 8.78 Å². The Morgan fingerprint density at radius 2 is 2.09 bits per heavy atom. The third-order valence-electron chi connectivity index (χ3n) is 4.72. The van der Waals surface area contributed by atoms with E-state index < -0.39 is 11.6 Å². The zero-order chi connectivity index (χ0) is 15.8. The number of amides is 1. The number of alkyl halides is 2. The topological polar surface area (TPSA) is 48.3 Å². The summed E-state index contributed by atoms with van der Waals surface area (Å²) in [6, 6.07) is -0.210. The number of piperazine rings is 1. The Hall–Kier alpha value is -1.55. The summed E-state index contributed by atoms with van der Waals surface area (Å²) in [4.78, 5) is 15.8. The van der Waals surface area contributed by atoms with Gasteiger partial charge in [0.25, 0.3) is 5.92 Å². The minimum atomic E-state index is -2.62. The largest absolute Gasteiger partial charge is 0.340 e. The molecule has 7 heteroatoms. The molecule has 0 bridgehead atoms. The normalized spacial score (nSPS) is 28.2. The van der Waals surface area contributed by atoms with Crippen LogP contribution in [0, 0.1) is 12.3 Å². The fourth-order valence-corrected chi connectivity index (χ4v) is 3.36. The summed E-state index contributed by atoms with van der Waals surface area (Å²) in [5, 5.41) is 8.02. The van der Waals surface area contributed by atoms with Gasteiger partial charge >= 0.3 is 0 Å². The second-order valence-corrected chi connectivity index (χ2v) is 6.41. The molecule has 3 aliphatic rings. The van der Waals surface area contributed by atoms with Crippen molar-refractivity contribution in [3.8, 4) is 12.3 Å². The van der Waals surface area contributed by atoms with Gasteiger partial charge in [0.15, 0.2) is 5.66 Å². The first-order valence-corrected chi connectivity index (χ1v) is 7.70. The molecule has 2 saturated heterocycles. The molecule has 120 valence electrons. The fraction of sp³-hybridized carbons (Fsp3) is 0.800. The lowest BCUT2D eigenvalue weighted by Gasteiger charge is -2.37. The lowest BCUT2D eigenvalue weighted by Crippen LogP contribution is -2.52. The second kappa shape index (κ2) is 5.58. The first kappa shape index (κ1) is 15.3. The number of fused-ring (bicyclic) bond motifs is 1. The summed E-state index contributed by atoms with van der Waals surface area (Å²) in [7, 11) is 0. The van der Waals surface area contributed by atoms with E-state index in [1.165, 1.54) is 0 Å². The summed E-state index contributed by atoms with van der Waals surface area (Å²) < 4.78 is 26.8. The van der Waals surface area contributed by atoms with Crippen molar-refractivity contribution in [3.63, 3.8) is 0 Å². The lowest BCUT2D eigenvalue weighted by atomic mass is 10.0. The molecule has 3 rings (SSSR count). The van der Waals surface area contributed by atoms with E-state index in [4.69, 9.17) is 6.42 Å². The van der Waals surface area contributed by atoms with Gasteiger partial charge in [0.1, 0.15) is 0 Å². The van der Waals surface area contributed by atoms with Crippen molar-refractivity contribution >= 4 is 5.91 Å². The molecule has 0 saturated carbocycles. The maximum atomic E-state index is 13.4. The summed E-state index contributed by atoms with van der Waals surface area (Å²) >= 11 is 0. The predicted molar refractivity (Wildman–Crippen MR) is 76.4 cm³/mol. The molecule has 0 aromatic rings. The van der Waals surface area contributed by atoms with Crippen LogP contribution in [0.2, 0.25) is 0 Å². The van der Waals surface area contributed by atoms with Gasteiger partial charge in [0.05, 0.1) is 6.54 Å². The van der Waals surface area contributed by atoms with Crippen LogP contribution in [-0.2, 0) is 4.79 Å². The Balaban J connectivity index is 1.47. The van der Waals surface area contributed by atoms with Gasteiger partial charge in [-0.2, -0.15) is 10.2 Å². The Morgan fingerprint density at radius 3 is 2.77 bits per heavy atom. The molecule has 1 atom stereocenters. The average Bonchev–Trinajstić information content (AvgIpc) is 3.17. The van der Waals surface area contributed by atoms with Gasteiger partial charge in [0.2, 0.25) is 5.91 Å². The van der Waals surface area contributed by atoms with Crippen LogP contribution in [0.15, 0.2) is 10.2 Å². The van der Waals surface area contributed by atoms with Crippen LogP contribution in [0.4, 0.5) is 8.78 Å². The molecule has 2 fully saturated rings. The van der Waals surface area contributed by atoms with E-state index in [2.05, 4.69) is 16.1 Å². The summed E-state index contributed by atoms with van der Waals surface area (Å²) in [6.45, 7) is 1.28. The number of terminal acetylenes is 1. The van der Waals surface area contributed by atoms with Gasteiger partial charge < -0.3 is 4.90 Å². The summed E-state index contributed by atoms with van der Waals surface area (Å²) in [5.74, 6) is -0.0538. The van der Waals surface area contributed by atoms with Crippen LogP contribution in [0.5, 0.6) is 0 Å². The highest BCUT2D eigenvalue weighted by Crippen LogP contribution is 2.38. The Kier molecular flexibility index (Phi) is 3.89. The number of hydrogen-bond donors (Lipinski definition) is 0. The molecule has 1 amide bonds. The van der Waals surface area contributed by atoms with Crippen LogP contribution in [-0.4, -0.2) is 59.5 Å². The molecule has 3 aliphatic heterocycles. The van der Waals surface area contributed by atoms with Crippen LogP contribution in [0.3, 0.4) is 0 Å². The number of rotatable bonds is 5. The van der Waals surface area contributed by atoms with Gasteiger partial charge in [-0.1, -0.05) is 0 Å². The zero-order valence-corrected chi connectivity index (χ0v) is 12.5.